The Balaban J connectivity index is 2.91. The molecule has 0 spiro atoms. The van der Waals surface area contributed by atoms with Gasteiger partial charge in [0, 0.05) is 0 Å². The summed E-state index contributed by atoms with van der Waals surface area (Å²) in [5, 5.41) is 0. The average Bonchev–Trinajstić information content (AvgIpc) is 2.47. The van der Waals surface area contributed by atoms with Crippen LogP contribution in [0.2, 0.25) is 0 Å². The largest absolute Gasteiger partial charge is 0.493 e. The second kappa shape index (κ2) is 8.51. The summed E-state index contributed by atoms with van der Waals surface area (Å²) < 4.78 is 69.9. The number of ether oxygens (including phenoxy) is 3. The third-order valence-electron chi connectivity index (χ3n) is 2.58. The molecule has 1 aromatic rings. The Kier molecular flexibility index (Phi) is 7.27. The molecular weight excluding hydrogens is 364 g/mol. The summed E-state index contributed by atoms with van der Waals surface area (Å²) >= 11 is 0. The van der Waals surface area contributed by atoms with Gasteiger partial charge in [0.15, 0.2) is 11.5 Å². The first kappa shape index (κ1) is 20.5. The van der Waals surface area contributed by atoms with Gasteiger partial charge in [0.1, 0.15) is 12.7 Å². The zero-order chi connectivity index (χ0) is 18.4. The first-order valence-corrected chi connectivity index (χ1v) is 10.3. The summed E-state index contributed by atoms with van der Waals surface area (Å²) in [6.45, 7) is -0.831. The van der Waals surface area contributed by atoms with Crippen molar-refractivity contribution >= 4 is 20.2 Å². The molecule has 1 unspecified atom stereocenters. The van der Waals surface area contributed by atoms with Crippen LogP contribution in [0.3, 0.4) is 0 Å². The summed E-state index contributed by atoms with van der Waals surface area (Å²) in [7, 11) is -4.75. The Morgan fingerprint density at radius 1 is 0.917 bits per heavy atom. The molecule has 24 heavy (non-hydrogen) atoms. The smallest absolute Gasteiger partial charge is 0.264 e. The van der Waals surface area contributed by atoms with Crippen LogP contribution in [0, 0.1) is 0 Å². The Morgan fingerprint density at radius 2 is 1.46 bits per heavy atom. The molecule has 0 fully saturated rings. The molecule has 0 radical (unpaired) electrons. The highest BCUT2D eigenvalue weighted by Gasteiger charge is 2.21. The highest BCUT2D eigenvalue weighted by Crippen LogP contribution is 2.36. The normalized spacial score (nSPS) is 13.3. The number of methoxy groups -OCH3 is 2. The first-order valence-electron chi connectivity index (χ1n) is 6.62. The van der Waals surface area contributed by atoms with Crippen molar-refractivity contribution in [3.8, 4) is 17.2 Å². The Morgan fingerprint density at radius 3 is 1.88 bits per heavy atom. The minimum absolute atomic E-state index is 0.226. The molecule has 0 aliphatic rings. The van der Waals surface area contributed by atoms with Crippen LogP contribution < -0.4 is 14.2 Å². The summed E-state index contributed by atoms with van der Waals surface area (Å²) in [4.78, 5) is 0. The number of hydrogen-bond donors (Lipinski definition) is 0. The number of benzene rings is 1. The van der Waals surface area contributed by atoms with Crippen LogP contribution in [0.25, 0.3) is 0 Å². The van der Waals surface area contributed by atoms with E-state index in [-0.39, 0.29) is 12.4 Å². The van der Waals surface area contributed by atoms with Crippen molar-refractivity contribution in [1.29, 1.82) is 0 Å². The lowest BCUT2D eigenvalue weighted by Gasteiger charge is -2.19. The van der Waals surface area contributed by atoms with Gasteiger partial charge in [-0.1, -0.05) is 6.07 Å². The summed E-state index contributed by atoms with van der Waals surface area (Å²) in [6, 6.07) is 4.93. The molecule has 0 aliphatic carbocycles. The summed E-state index contributed by atoms with van der Waals surface area (Å²) in [6.07, 6.45) is 0.503. The molecule has 0 bridgehead atoms. The fourth-order valence-corrected chi connectivity index (χ4v) is 2.69. The molecule has 0 heterocycles. The van der Waals surface area contributed by atoms with Gasteiger partial charge in [-0.15, -0.1) is 0 Å². The van der Waals surface area contributed by atoms with Crippen molar-refractivity contribution in [3.63, 3.8) is 0 Å². The van der Waals surface area contributed by atoms with E-state index in [1.54, 1.807) is 18.2 Å². The summed E-state index contributed by atoms with van der Waals surface area (Å²) in [5.41, 5.74) is 0. The van der Waals surface area contributed by atoms with E-state index in [9.17, 15) is 16.8 Å². The quantitative estimate of drug-likeness (QED) is 0.529. The minimum atomic E-state index is -3.84. The number of rotatable bonds is 10. The van der Waals surface area contributed by atoms with Crippen molar-refractivity contribution in [3.05, 3.63) is 18.2 Å². The van der Waals surface area contributed by atoms with E-state index in [1.807, 2.05) is 0 Å². The van der Waals surface area contributed by atoms with E-state index in [0.29, 0.717) is 11.5 Å². The maximum atomic E-state index is 11.3. The second-order valence-corrected chi connectivity index (χ2v) is 7.96. The monoisotopic (exact) mass is 384 g/mol. The van der Waals surface area contributed by atoms with E-state index in [0.717, 1.165) is 12.5 Å². The number of para-hydroxylation sites is 1. The third-order valence-corrected chi connectivity index (χ3v) is 3.76. The lowest BCUT2D eigenvalue weighted by atomic mass is 10.3. The molecule has 1 atom stereocenters. The molecule has 0 N–H and O–H groups in total. The van der Waals surface area contributed by atoms with Gasteiger partial charge in [-0.05, 0) is 12.1 Å². The SMILES string of the molecule is COc1cccc(OC)c1OCC(COS(C)(=O)=O)OS(C)(=O)=O. The number of hydrogen-bond acceptors (Lipinski definition) is 9. The standard InChI is InChI=1S/C13H20O9S2/c1-18-11-6-5-7-12(19-2)13(11)20-8-10(22-24(4,16)17)9-21-23(3,14)15/h5-7,10H,8-9H2,1-4H3. The lowest BCUT2D eigenvalue weighted by molar-refractivity contribution is 0.0871. The zero-order valence-corrected chi connectivity index (χ0v) is 15.3. The van der Waals surface area contributed by atoms with Gasteiger partial charge in [-0.25, -0.2) is 0 Å². The predicted molar refractivity (Wildman–Crippen MR) is 85.6 cm³/mol. The molecule has 0 aromatic heterocycles. The lowest BCUT2D eigenvalue weighted by Crippen LogP contribution is -2.30. The van der Waals surface area contributed by atoms with Crippen LogP contribution in [0.4, 0.5) is 0 Å². The Bertz CT molecular complexity index is 718. The molecule has 11 heteroatoms. The topological polar surface area (TPSA) is 114 Å². The van der Waals surface area contributed by atoms with E-state index in [1.165, 1.54) is 14.2 Å². The Hall–Kier alpha value is -1.56. The molecule has 0 saturated heterocycles. The highest BCUT2D eigenvalue weighted by atomic mass is 32.2. The zero-order valence-electron chi connectivity index (χ0n) is 13.7. The van der Waals surface area contributed by atoms with Crippen molar-refractivity contribution in [1.82, 2.24) is 0 Å². The molecule has 138 valence electrons. The van der Waals surface area contributed by atoms with Crippen LogP contribution in [-0.2, 0) is 28.6 Å². The molecule has 0 saturated carbocycles. The van der Waals surface area contributed by atoms with Crippen LogP contribution in [-0.4, -0.2) is 62.9 Å². The van der Waals surface area contributed by atoms with E-state index in [2.05, 4.69) is 4.18 Å². The minimum Gasteiger partial charge on any atom is -0.493 e. The van der Waals surface area contributed by atoms with Crippen molar-refractivity contribution in [2.24, 2.45) is 0 Å². The van der Waals surface area contributed by atoms with Crippen molar-refractivity contribution in [2.75, 3.05) is 39.9 Å². The summed E-state index contributed by atoms with van der Waals surface area (Å²) in [5.74, 6) is 0.942. The van der Waals surface area contributed by atoms with E-state index >= 15 is 0 Å². The van der Waals surface area contributed by atoms with Gasteiger partial charge in [-0.3, -0.25) is 8.37 Å². The van der Waals surface area contributed by atoms with Crippen molar-refractivity contribution in [2.45, 2.75) is 6.10 Å². The van der Waals surface area contributed by atoms with Crippen LogP contribution in [0.1, 0.15) is 0 Å². The van der Waals surface area contributed by atoms with Gasteiger partial charge in [0.05, 0.1) is 33.3 Å². The predicted octanol–water partition coefficient (Wildman–Crippen LogP) is 0.404. The van der Waals surface area contributed by atoms with Gasteiger partial charge < -0.3 is 14.2 Å². The van der Waals surface area contributed by atoms with Crippen LogP contribution >= 0.6 is 0 Å². The van der Waals surface area contributed by atoms with Gasteiger partial charge >= 0.3 is 0 Å². The van der Waals surface area contributed by atoms with Crippen LogP contribution in [0.15, 0.2) is 18.2 Å². The van der Waals surface area contributed by atoms with E-state index in [4.69, 9.17) is 18.4 Å². The molecule has 0 amide bonds. The van der Waals surface area contributed by atoms with E-state index < -0.39 is 32.9 Å². The fourth-order valence-electron chi connectivity index (χ4n) is 1.69. The molecule has 9 nitrogen and oxygen atoms in total. The Labute approximate surface area is 141 Å². The second-order valence-electron chi connectivity index (χ2n) is 4.71. The first-order chi connectivity index (χ1) is 11.1. The maximum absolute atomic E-state index is 11.3. The maximum Gasteiger partial charge on any atom is 0.264 e. The molecule has 0 aliphatic heterocycles. The molecular formula is C13H20O9S2. The average molecular weight is 384 g/mol. The fraction of sp³-hybridized carbons (Fsp3) is 0.538. The van der Waals surface area contributed by atoms with Gasteiger partial charge in [-0.2, -0.15) is 16.8 Å². The highest BCUT2D eigenvalue weighted by molar-refractivity contribution is 7.86. The third kappa shape index (κ3) is 7.34. The van der Waals surface area contributed by atoms with Crippen molar-refractivity contribution < 1.29 is 39.4 Å². The molecule has 1 aromatic carbocycles. The molecule has 1 rings (SSSR count). The van der Waals surface area contributed by atoms with Crippen LogP contribution in [0.5, 0.6) is 17.2 Å². The van der Waals surface area contributed by atoms with Gasteiger partial charge in [0.2, 0.25) is 5.75 Å². The van der Waals surface area contributed by atoms with Gasteiger partial charge in [0.25, 0.3) is 20.2 Å².